The van der Waals surface area contributed by atoms with Crippen LogP contribution in [0.2, 0.25) is 0 Å². The van der Waals surface area contributed by atoms with Crippen molar-refractivity contribution in [1.29, 1.82) is 0 Å². The van der Waals surface area contributed by atoms with E-state index in [1.807, 2.05) is 0 Å². The second-order valence-electron chi connectivity index (χ2n) is 18.8. The first kappa shape index (κ1) is 61.6. The van der Waals surface area contributed by atoms with Crippen LogP contribution in [0.1, 0.15) is 297 Å². The van der Waals surface area contributed by atoms with E-state index in [1.165, 1.54) is 167 Å². The molecule has 0 aromatic heterocycles. The highest BCUT2D eigenvalue weighted by Crippen LogP contribution is 2.16. The zero-order chi connectivity index (χ0) is 46.5. The summed E-state index contributed by atoms with van der Waals surface area (Å²) in [6, 6.07) is 0. The number of esters is 3. The number of hydrogen-bond acceptors (Lipinski definition) is 6. The van der Waals surface area contributed by atoms with Crippen molar-refractivity contribution in [3.8, 4) is 0 Å². The van der Waals surface area contributed by atoms with Gasteiger partial charge < -0.3 is 14.2 Å². The standard InChI is InChI=1S/C58H106O6/c1-4-7-10-13-16-19-22-25-27-29-30-32-33-36-39-42-45-48-51-57(60)63-54-55(53-62-56(59)50-47-44-41-38-35-24-21-18-15-12-9-6-3)64-58(61)52-49-46-43-40-37-34-31-28-26-23-20-17-14-11-8-5-2/h18,20-21,23,28,31,55H,4-17,19,22,24-27,29-30,32-54H2,1-3H3/b21-18-,23-20-,31-28-. The highest BCUT2D eigenvalue weighted by Gasteiger charge is 2.19. The van der Waals surface area contributed by atoms with Gasteiger partial charge in [0.1, 0.15) is 13.2 Å². The molecule has 0 rings (SSSR count). The number of carbonyl (C=O) groups is 3. The minimum absolute atomic E-state index is 0.0772. The van der Waals surface area contributed by atoms with Gasteiger partial charge in [-0.2, -0.15) is 0 Å². The van der Waals surface area contributed by atoms with Crippen LogP contribution in [0.5, 0.6) is 0 Å². The largest absolute Gasteiger partial charge is 0.462 e. The van der Waals surface area contributed by atoms with E-state index in [0.717, 1.165) is 89.9 Å². The van der Waals surface area contributed by atoms with Gasteiger partial charge in [-0.1, -0.05) is 237 Å². The number of hydrogen-bond donors (Lipinski definition) is 0. The molecule has 0 aliphatic rings. The van der Waals surface area contributed by atoms with Gasteiger partial charge in [0, 0.05) is 19.3 Å². The Morgan fingerprint density at radius 1 is 0.312 bits per heavy atom. The van der Waals surface area contributed by atoms with Crippen LogP contribution in [0, 0.1) is 0 Å². The molecule has 6 heteroatoms. The van der Waals surface area contributed by atoms with Crippen molar-refractivity contribution in [3.63, 3.8) is 0 Å². The van der Waals surface area contributed by atoms with Crippen molar-refractivity contribution >= 4 is 17.9 Å². The Morgan fingerprint density at radius 2 is 0.562 bits per heavy atom. The van der Waals surface area contributed by atoms with E-state index in [2.05, 4.69) is 57.2 Å². The summed E-state index contributed by atoms with van der Waals surface area (Å²) in [4.78, 5) is 38.1. The molecule has 0 fully saturated rings. The second kappa shape index (κ2) is 53.2. The average molecular weight is 899 g/mol. The van der Waals surface area contributed by atoms with E-state index in [4.69, 9.17) is 14.2 Å². The first-order valence-electron chi connectivity index (χ1n) is 28.0. The van der Waals surface area contributed by atoms with Gasteiger partial charge >= 0.3 is 17.9 Å². The van der Waals surface area contributed by atoms with Crippen LogP contribution in [0.3, 0.4) is 0 Å². The summed E-state index contributed by atoms with van der Waals surface area (Å²) in [5, 5.41) is 0. The van der Waals surface area contributed by atoms with E-state index in [0.29, 0.717) is 19.3 Å². The van der Waals surface area contributed by atoms with Crippen molar-refractivity contribution in [3.05, 3.63) is 36.5 Å². The molecule has 1 unspecified atom stereocenters. The molecule has 0 radical (unpaired) electrons. The Kier molecular flexibility index (Phi) is 51.3. The first-order chi connectivity index (χ1) is 31.5. The molecular weight excluding hydrogens is 793 g/mol. The van der Waals surface area contributed by atoms with Crippen molar-refractivity contribution in [1.82, 2.24) is 0 Å². The molecule has 0 aliphatic heterocycles. The van der Waals surface area contributed by atoms with E-state index >= 15 is 0 Å². The lowest BCUT2D eigenvalue weighted by Crippen LogP contribution is -2.30. The highest BCUT2D eigenvalue weighted by molar-refractivity contribution is 5.71. The molecule has 0 bridgehead atoms. The van der Waals surface area contributed by atoms with E-state index in [1.54, 1.807) is 0 Å². The van der Waals surface area contributed by atoms with Crippen LogP contribution < -0.4 is 0 Å². The van der Waals surface area contributed by atoms with Gasteiger partial charge in [0.2, 0.25) is 0 Å². The molecule has 0 aromatic rings. The van der Waals surface area contributed by atoms with Crippen LogP contribution in [0.15, 0.2) is 36.5 Å². The number of rotatable bonds is 51. The minimum atomic E-state index is -0.779. The monoisotopic (exact) mass is 899 g/mol. The SMILES string of the molecule is CCCCC/C=C\CCCCCCCC(=O)OCC(COC(=O)CCCCCCCCCCCCCCCCCCCC)OC(=O)CCCCCCC/C=C\C/C=C\CCCCCC. The number of carbonyl (C=O) groups excluding carboxylic acids is 3. The molecule has 0 saturated heterocycles. The van der Waals surface area contributed by atoms with Crippen LogP contribution in [-0.2, 0) is 28.6 Å². The lowest BCUT2D eigenvalue weighted by Gasteiger charge is -2.18. The smallest absolute Gasteiger partial charge is 0.306 e. The summed E-state index contributed by atoms with van der Waals surface area (Å²) < 4.78 is 16.8. The minimum Gasteiger partial charge on any atom is -0.462 e. The highest BCUT2D eigenvalue weighted by atomic mass is 16.6. The maximum Gasteiger partial charge on any atom is 0.306 e. The van der Waals surface area contributed by atoms with Gasteiger partial charge in [0.25, 0.3) is 0 Å². The van der Waals surface area contributed by atoms with Gasteiger partial charge in [-0.25, -0.2) is 0 Å². The zero-order valence-corrected chi connectivity index (χ0v) is 42.8. The molecule has 0 aliphatic carbocycles. The number of allylic oxidation sites excluding steroid dienone is 6. The summed E-state index contributed by atoms with van der Waals surface area (Å²) in [7, 11) is 0. The van der Waals surface area contributed by atoms with E-state index < -0.39 is 6.10 Å². The van der Waals surface area contributed by atoms with Crippen LogP contribution in [0.4, 0.5) is 0 Å². The lowest BCUT2D eigenvalue weighted by atomic mass is 10.0. The third-order valence-corrected chi connectivity index (χ3v) is 12.4. The number of ether oxygens (including phenoxy) is 3. The fraction of sp³-hybridized carbons (Fsp3) is 0.845. The normalized spacial score (nSPS) is 12.2. The predicted molar refractivity (Wildman–Crippen MR) is 275 cm³/mol. The Labute approximate surface area is 397 Å². The Morgan fingerprint density at radius 3 is 0.922 bits per heavy atom. The van der Waals surface area contributed by atoms with Crippen LogP contribution in [0.25, 0.3) is 0 Å². The van der Waals surface area contributed by atoms with Gasteiger partial charge in [-0.05, 0) is 77.0 Å². The van der Waals surface area contributed by atoms with Crippen molar-refractivity contribution < 1.29 is 28.6 Å². The Bertz CT molecular complexity index is 1080. The fourth-order valence-electron chi connectivity index (χ4n) is 8.12. The Hall–Kier alpha value is -2.37. The van der Waals surface area contributed by atoms with Crippen molar-refractivity contribution in [2.45, 2.75) is 303 Å². The topological polar surface area (TPSA) is 78.9 Å². The zero-order valence-electron chi connectivity index (χ0n) is 42.8. The van der Waals surface area contributed by atoms with Crippen molar-refractivity contribution in [2.75, 3.05) is 13.2 Å². The molecule has 374 valence electrons. The number of unbranched alkanes of at least 4 members (excludes halogenated alkanes) is 34. The summed E-state index contributed by atoms with van der Waals surface area (Å²) in [6.07, 6.45) is 62.7. The van der Waals surface area contributed by atoms with Crippen molar-refractivity contribution in [2.24, 2.45) is 0 Å². The lowest BCUT2D eigenvalue weighted by molar-refractivity contribution is -0.167. The molecule has 1 atom stereocenters. The van der Waals surface area contributed by atoms with Gasteiger partial charge in [0.05, 0.1) is 0 Å². The Balaban J connectivity index is 4.34. The summed E-state index contributed by atoms with van der Waals surface area (Å²) in [6.45, 7) is 6.61. The third kappa shape index (κ3) is 50.6. The molecule has 0 N–H and O–H groups in total. The maximum absolute atomic E-state index is 12.8. The average Bonchev–Trinajstić information content (AvgIpc) is 3.29. The predicted octanol–water partition coefficient (Wildman–Crippen LogP) is 18.5. The summed E-state index contributed by atoms with van der Waals surface area (Å²) >= 11 is 0. The molecule has 0 amide bonds. The summed E-state index contributed by atoms with van der Waals surface area (Å²) in [5.74, 6) is -0.886. The maximum atomic E-state index is 12.8. The summed E-state index contributed by atoms with van der Waals surface area (Å²) in [5.41, 5.74) is 0. The second-order valence-corrected chi connectivity index (χ2v) is 18.8. The van der Waals surface area contributed by atoms with Gasteiger partial charge in [-0.15, -0.1) is 0 Å². The fourth-order valence-corrected chi connectivity index (χ4v) is 8.12. The molecule has 0 saturated carbocycles. The van der Waals surface area contributed by atoms with Gasteiger partial charge in [-0.3, -0.25) is 14.4 Å². The molecule has 0 aromatic carbocycles. The van der Waals surface area contributed by atoms with E-state index in [9.17, 15) is 14.4 Å². The molecule has 0 heterocycles. The molecular formula is C58H106O6. The van der Waals surface area contributed by atoms with E-state index in [-0.39, 0.29) is 31.1 Å². The van der Waals surface area contributed by atoms with Crippen LogP contribution in [-0.4, -0.2) is 37.2 Å². The molecule has 0 spiro atoms. The third-order valence-electron chi connectivity index (χ3n) is 12.4. The van der Waals surface area contributed by atoms with Gasteiger partial charge in [0.15, 0.2) is 6.10 Å². The quantitative estimate of drug-likeness (QED) is 0.0262. The first-order valence-corrected chi connectivity index (χ1v) is 28.0. The molecule has 64 heavy (non-hydrogen) atoms. The van der Waals surface area contributed by atoms with Crippen LogP contribution >= 0.6 is 0 Å². The molecule has 6 nitrogen and oxygen atoms in total.